The van der Waals surface area contributed by atoms with Gasteiger partial charge < -0.3 is 9.52 Å². The third-order valence-corrected chi connectivity index (χ3v) is 4.82. The van der Waals surface area contributed by atoms with Gasteiger partial charge in [0, 0.05) is 18.1 Å². The van der Waals surface area contributed by atoms with Gasteiger partial charge in [0.1, 0.15) is 17.6 Å². The number of unbranched alkanes of at least 4 members (excludes halogenated alkanes) is 3. The van der Waals surface area contributed by atoms with Crippen LogP contribution in [0.15, 0.2) is 45.6 Å². The average molecular weight is 326 g/mol. The maximum absolute atomic E-state index is 12.2. The molecule has 1 aliphatic carbocycles. The molecule has 0 saturated heterocycles. The van der Waals surface area contributed by atoms with Crippen LogP contribution in [0.3, 0.4) is 0 Å². The third-order valence-electron chi connectivity index (χ3n) is 4.82. The normalized spacial score (nSPS) is 16.8. The Labute approximate surface area is 143 Å². The number of aliphatic hydroxyl groups excluding tert-OH is 1. The van der Waals surface area contributed by atoms with Gasteiger partial charge >= 0.3 is 0 Å². The van der Waals surface area contributed by atoms with Crippen molar-refractivity contribution in [2.75, 3.05) is 0 Å². The van der Waals surface area contributed by atoms with Crippen molar-refractivity contribution in [3.63, 3.8) is 0 Å². The maximum Gasteiger partial charge on any atom is 0.188 e. The van der Waals surface area contributed by atoms with Crippen LogP contribution in [0, 0.1) is 0 Å². The largest absolute Gasteiger partial charge is 0.463 e. The van der Waals surface area contributed by atoms with E-state index in [0.29, 0.717) is 17.7 Å². The van der Waals surface area contributed by atoms with Crippen LogP contribution in [0.25, 0.3) is 0 Å². The van der Waals surface area contributed by atoms with Crippen molar-refractivity contribution in [2.45, 2.75) is 63.9 Å². The summed E-state index contributed by atoms with van der Waals surface area (Å²) in [5, 5.41) is 10.0. The fourth-order valence-corrected chi connectivity index (χ4v) is 3.46. The summed E-state index contributed by atoms with van der Waals surface area (Å²) in [6.07, 6.45) is 8.12. The second-order valence-electron chi connectivity index (χ2n) is 6.73. The SMILES string of the molecule is O=c1cc(CCCCCCc2ccccc2)oc2c1CCCC2O. The van der Waals surface area contributed by atoms with Gasteiger partial charge in [0.25, 0.3) is 0 Å². The summed E-state index contributed by atoms with van der Waals surface area (Å²) >= 11 is 0. The maximum atomic E-state index is 12.2. The van der Waals surface area contributed by atoms with Gasteiger partial charge in [0.15, 0.2) is 5.43 Å². The first kappa shape index (κ1) is 17.0. The van der Waals surface area contributed by atoms with Gasteiger partial charge in [0.2, 0.25) is 0 Å². The first-order valence-corrected chi connectivity index (χ1v) is 9.12. The molecule has 1 unspecified atom stereocenters. The molecule has 0 aliphatic heterocycles. The lowest BCUT2D eigenvalue weighted by Gasteiger charge is -2.19. The molecule has 0 fully saturated rings. The summed E-state index contributed by atoms with van der Waals surface area (Å²) in [4.78, 5) is 12.2. The number of fused-ring (bicyclic) bond motifs is 1. The van der Waals surface area contributed by atoms with E-state index in [1.165, 1.54) is 18.4 Å². The minimum atomic E-state index is -0.604. The minimum absolute atomic E-state index is 0.0362. The zero-order chi connectivity index (χ0) is 16.8. The third kappa shape index (κ3) is 4.35. The second-order valence-corrected chi connectivity index (χ2v) is 6.73. The predicted octanol–water partition coefficient (Wildman–Crippen LogP) is 4.36. The van der Waals surface area contributed by atoms with Gasteiger partial charge in [-0.3, -0.25) is 4.79 Å². The van der Waals surface area contributed by atoms with Crippen molar-refractivity contribution in [3.8, 4) is 0 Å². The van der Waals surface area contributed by atoms with Crippen LogP contribution in [0.1, 0.15) is 67.3 Å². The zero-order valence-corrected chi connectivity index (χ0v) is 14.2. The molecule has 3 rings (SSSR count). The Kier molecular flexibility index (Phi) is 5.86. The lowest BCUT2D eigenvalue weighted by Crippen LogP contribution is -2.19. The molecule has 0 saturated carbocycles. The fraction of sp³-hybridized carbons (Fsp3) is 0.476. The molecule has 24 heavy (non-hydrogen) atoms. The summed E-state index contributed by atoms with van der Waals surface area (Å²) < 4.78 is 5.82. The first-order valence-electron chi connectivity index (χ1n) is 9.12. The van der Waals surface area contributed by atoms with Gasteiger partial charge in [-0.2, -0.15) is 0 Å². The summed E-state index contributed by atoms with van der Waals surface area (Å²) in [5.74, 6) is 1.25. The van der Waals surface area contributed by atoms with E-state index in [9.17, 15) is 9.90 Å². The molecule has 1 N–H and O–H groups in total. The molecule has 1 aromatic carbocycles. The average Bonchev–Trinajstić information content (AvgIpc) is 2.60. The molecule has 3 nitrogen and oxygen atoms in total. The second kappa shape index (κ2) is 8.29. The smallest absolute Gasteiger partial charge is 0.188 e. The van der Waals surface area contributed by atoms with E-state index in [0.717, 1.165) is 44.3 Å². The van der Waals surface area contributed by atoms with Crippen molar-refractivity contribution < 1.29 is 9.52 Å². The standard InChI is InChI=1S/C21H26O3/c22-19-14-8-13-18-20(23)15-17(24-21(18)19)12-7-2-1-4-9-16-10-5-3-6-11-16/h3,5-6,10-11,15,19,22H,1-2,4,7-9,12-14H2. The quantitative estimate of drug-likeness (QED) is 0.769. The lowest BCUT2D eigenvalue weighted by atomic mass is 9.94. The Bertz CT molecular complexity index is 703. The van der Waals surface area contributed by atoms with Crippen molar-refractivity contribution in [3.05, 3.63) is 69.3 Å². The Morgan fingerprint density at radius 3 is 2.58 bits per heavy atom. The summed E-state index contributed by atoms with van der Waals surface area (Å²) in [7, 11) is 0. The predicted molar refractivity (Wildman–Crippen MR) is 95.2 cm³/mol. The number of hydrogen-bond acceptors (Lipinski definition) is 3. The van der Waals surface area contributed by atoms with Crippen molar-refractivity contribution >= 4 is 0 Å². The number of hydrogen-bond donors (Lipinski definition) is 1. The fourth-order valence-electron chi connectivity index (χ4n) is 3.46. The molecular weight excluding hydrogens is 300 g/mol. The lowest BCUT2D eigenvalue weighted by molar-refractivity contribution is 0.122. The van der Waals surface area contributed by atoms with Crippen molar-refractivity contribution in [1.29, 1.82) is 0 Å². The molecule has 1 aliphatic rings. The van der Waals surface area contributed by atoms with Crippen LogP contribution >= 0.6 is 0 Å². The van der Waals surface area contributed by atoms with E-state index >= 15 is 0 Å². The van der Waals surface area contributed by atoms with E-state index in [-0.39, 0.29) is 5.43 Å². The van der Waals surface area contributed by atoms with E-state index in [1.54, 1.807) is 6.07 Å². The van der Waals surface area contributed by atoms with E-state index < -0.39 is 6.10 Å². The van der Waals surface area contributed by atoms with Crippen LogP contribution in [-0.2, 0) is 19.3 Å². The van der Waals surface area contributed by atoms with Crippen molar-refractivity contribution in [2.24, 2.45) is 0 Å². The molecule has 0 amide bonds. The molecule has 0 spiro atoms. The Morgan fingerprint density at radius 2 is 1.79 bits per heavy atom. The van der Waals surface area contributed by atoms with Crippen LogP contribution in [0.4, 0.5) is 0 Å². The van der Waals surface area contributed by atoms with E-state index in [2.05, 4.69) is 24.3 Å². The monoisotopic (exact) mass is 326 g/mol. The Balaban J connectivity index is 1.45. The summed E-state index contributed by atoms with van der Waals surface area (Å²) in [6.45, 7) is 0. The molecule has 0 radical (unpaired) electrons. The van der Waals surface area contributed by atoms with Gasteiger partial charge in [-0.25, -0.2) is 0 Å². The van der Waals surface area contributed by atoms with Gasteiger partial charge in [-0.15, -0.1) is 0 Å². The highest BCUT2D eigenvalue weighted by Crippen LogP contribution is 2.28. The van der Waals surface area contributed by atoms with Crippen LogP contribution in [0.2, 0.25) is 0 Å². The van der Waals surface area contributed by atoms with Gasteiger partial charge in [-0.1, -0.05) is 43.2 Å². The van der Waals surface area contributed by atoms with Crippen LogP contribution < -0.4 is 5.43 Å². The minimum Gasteiger partial charge on any atom is -0.463 e. The van der Waals surface area contributed by atoms with Gasteiger partial charge in [0.05, 0.1) is 0 Å². The molecule has 2 aromatic rings. The highest BCUT2D eigenvalue weighted by atomic mass is 16.4. The van der Waals surface area contributed by atoms with E-state index in [1.807, 2.05) is 6.07 Å². The van der Waals surface area contributed by atoms with E-state index in [4.69, 9.17) is 4.42 Å². The highest BCUT2D eigenvalue weighted by molar-refractivity contribution is 5.24. The number of benzene rings is 1. The molecule has 0 bridgehead atoms. The molecule has 128 valence electrons. The molecule has 1 aromatic heterocycles. The number of rotatable bonds is 7. The highest BCUT2D eigenvalue weighted by Gasteiger charge is 2.23. The Morgan fingerprint density at radius 1 is 1.04 bits per heavy atom. The molecule has 1 heterocycles. The van der Waals surface area contributed by atoms with Crippen LogP contribution in [0.5, 0.6) is 0 Å². The topological polar surface area (TPSA) is 50.4 Å². The molecule has 3 heteroatoms. The number of aliphatic hydroxyl groups is 1. The summed E-state index contributed by atoms with van der Waals surface area (Å²) in [5.41, 5.74) is 2.11. The number of aryl methyl sites for hydroxylation is 2. The zero-order valence-electron chi connectivity index (χ0n) is 14.2. The first-order chi connectivity index (χ1) is 11.7. The summed E-state index contributed by atoms with van der Waals surface area (Å²) in [6, 6.07) is 12.2. The Hall–Kier alpha value is -1.87. The van der Waals surface area contributed by atoms with Crippen molar-refractivity contribution in [1.82, 2.24) is 0 Å². The van der Waals surface area contributed by atoms with Crippen LogP contribution in [-0.4, -0.2) is 5.11 Å². The van der Waals surface area contributed by atoms with Gasteiger partial charge in [-0.05, 0) is 44.1 Å². The molecular formula is C21H26O3. The molecule has 1 atom stereocenters.